The smallest absolute Gasteiger partial charge is 0.418 e. The maximum atomic E-state index is 13.1. The minimum atomic E-state index is -4.99. The van der Waals surface area contributed by atoms with Crippen molar-refractivity contribution in [1.82, 2.24) is 0 Å². The predicted octanol–water partition coefficient (Wildman–Crippen LogP) is 4.01. The van der Waals surface area contributed by atoms with E-state index in [-0.39, 0.29) is 17.4 Å². The molecule has 13 heteroatoms. The van der Waals surface area contributed by atoms with Crippen LogP contribution in [0.4, 0.5) is 33.3 Å². The molecule has 0 atom stereocenters. The lowest BCUT2D eigenvalue weighted by Gasteiger charge is -2.13. The summed E-state index contributed by atoms with van der Waals surface area (Å²) < 4.78 is 72.1. The Morgan fingerprint density at radius 2 is 1.73 bits per heavy atom. The molecule has 160 valence electrons. The Morgan fingerprint density at radius 1 is 1.10 bits per heavy atom. The molecule has 0 aliphatic rings. The molecule has 0 aliphatic carbocycles. The van der Waals surface area contributed by atoms with Crippen LogP contribution < -0.4 is 10.1 Å². The minimum absolute atomic E-state index is 0.129. The minimum Gasteiger partial charge on any atom is -0.452 e. The summed E-state index contributed by atoms with van der Waals surface area (Å²) in [7, 11) is 0. The van der Waals surface area contributed by atoms with Gasteiger partial charge in [0.25, 0.3) is 11.6 Å². The van der Waals surface area contributed by atoms with E-state index in [1.54, 1.807) is 0 Å². The second-order valence-corrected chi connectivity index (χ2v) is 5.51. The van der Waals surface area contributed by atoms with Gasteiger partial charge in [-0.05, 0) is 30.3 Å². The number of nitrogens with zero attached hydrogens (tertiary/aromatic N) is 1. The molecule has 8 nitrogen and oxygen atoms in total. The predicted molar refractivity (Wildman–Crippen MR) is 90.1 cm³/mol. The average molecular weight is 434 g/mol. The highest BCUT2D eigenvalue weighted by molar-refractivity contribution is 5.96. The fourth-order valence-electron chi connectivity index (χ4n) is 2.16. The number of amides is 1. The second-order valence-electron chi connectivity index (χ2n) is 5.51. The van der Waals surface area contributed by atoms with Gasteiger partial charge >= 0.3 is 18.8 Å². The molecule has 0 saturated carbocycles. The molecule has 2 aromatic rings. The third kappa shape index (κ3) is 6.12. The van der Waals surface area contributed by atoms with Crippen LogP contribution in [-0.4, -0.2) is 30.0 Å². The van der Waals surface area contributed by atoms with Crippen molar-refractivity contribution in [2.45, 2.75) is 12.8 Å². The third-order valence-electron chi connectivity index (χ3n) is 3.44. The van der Waals surface area contributed by atoms with E-state index in [0.29, 0.717) is 6.07 Å². The van der Waals surface area contributed by atoms with Crippen molar-refractivity contribution in [1.29, 1.82) is 0 Å². The van der Waals surface area contributed by atoms with Crippen LogP contribution >= 0.6 is 0 Å². The van der Waals surface area contributed by atoms with Crippen molar-refractivity contribution in [3.63, 3.8) is 0 Å². The van der Waals surface area contributed by atoms with E-state index in [9.17, 15) is 41.7 Å². The van der Waals surface area contributed by atoms with Crippen LogP contribution in [0.1, 0.15) is 15.9 Å². The van der Waals surface area contributed by atoms with Crippen molar-refractivity contribution in [2.24, 2.45) is 0 Å². The number of ether oxygens (including phenoxy) is 2. The molecule has 0 spiro atoms. The van der Waals surface area contributed by atoms with Gasteiger partial charge in [0.1, 0.15) is 5.75 Å². The molecule has 2 aromatic carbocycles. The van der Waals surface area contributed by atoms with Crippen molar-refractivity contribution in [2.75, 3.05) is 11.9 Å². The summed E-state index contributed by atoms with van der Waals surface area (Å²) in [6.45, 7) is -4.03. The molecular formula is C17H11F5N2O6. The lowest BCUT2D eigenvalue weighted by atomic mass is 10.1. The number of alkyl halides is 5. The SMILES string of the molecule is O=C(COC(=O)c1ccc(OC(F)F)cc1)Nc1ccc([N+](=O)[O-])cc1C(F)(F)F. The van der Waals surface area contributed by atoms with Crippen LogP contribution in [-0.2, 0) is 15.7 Å². The van der Waals surface area contributed by atoms with E-state index in [4.69, 9.17) is 0 Å². The lowest BCUT2D eigenvalue weighted by Crippen LogP contribution is -2.23. The molecule has 0 bridgehead atoms. The van der Waals surface area contributed by atoms with Gasteiger partial charge in [0.2, 0.25) is 0 Å². The summed E-state index contributed by atoms with van der Waals surface area (Å²) in [6, 6.07) is 5.98. The zero-order chi connectivity index (χ0) is 22.5. The first-order valence-corrected chi connectivity index (χ1v) is 7.85. The van der Waals surface area contributed by atoms with E-state index in [1.165, 1.54) is 0 Å². The fourth-order valence-corrected chi connectivity index (χ4v) is 2.16. The zero-order valence-electron chi connectivity index (χ0n) is 14.6. The summed E-state index contributed by atoms with van der Waals surface area (Å²) in [5, 5.41) is 12.5. The summed E-state index contributed by atoms with van der Waals surface area (Å²) in [6.07, 6.45) is -4.99. The molecule has 1 N–H and O–H groups in total. The van der Waals surface area contributed by atoms with Crippen molar-refractivity contribution in [3.05, 3.63) is 63.7 Å². The van der Waals surface area contributed by atoms with Gasteiger partial charge in [-0.15, -0.1) is 0 Å². The Morgan fingerprint density at radius 3 is 2.27 bits per heavy atom. The average Bonchev–Trinajstić information content (AvgIpc) is 2.65. The van der Waals surface area contributed by atoms with Gasteiger partial charge in [0.15, 0.2) is 6.61 Å². The van der Waals surface area contributed by atoms with Gasteiger partial charge in [0.05, 0.1) is 21.7 Å². The maximum absolute atomic E-state index is 13.1. The first kappa shape index (κ1) is 22.5. The first-order chi connectivity index (χ1) is 14.0. The Bertz CT molecular complexity index is 947. The Labute approximate surface area is 164 Å². The van der Waals surface area contributed by atoms with E-state index in [2.05, 4.69) is 9.47 Å². The number of hydrogen-bond donors (Lipinski definition) is 1. The fraction of sp³-hybridized carbons (Fsp3) is 0.176. The highest BCUT2D eigenvalue weighted by atomic mass is 19.4. The Kier molecular flexibility index (Phi) is 6.87. The van der Waals surface area contributed by atoms with E-state index in [0.717, 1.165) is 30.3 Å². The van der Waals surface area contributed by atoms with Crippen molar-refractivity contribution < 1.29 is 45.9 Å². The van der Waals surface area contributed by atoms with Gasteiger partial charge in [-0.2, -0.15) is 22.0 Å². The number of benzene rings is 2. The van der Waals surface area contributed by atoms with Crippen LogP contribution in [0.15, 0.2) is 42.5 Å². The summed E-state index contributed by atoms with van der Waals surface area (Å²) in [5.74, 6) is -2.41. The summed E-state index contributed by atoms with van der Waals surface area (Å²) >= 11 is 0. The van der Waals surface area contributed by atoms with E-state index < -0.39 is 53.1 Å². The number of esters is 1. The molecule has 0 saturated heterocycles. The molecular weight excluding hydrogens is 423 g/mol. The molecule has 0 fully saturated rings. The quantitative estimate of drug-likeness (QED) is 0.305. The monoisotopic (exact) mass is 434 g/mol. The Hall–Kier alpha value is -3.77. The van der Waals surface area contributed by atoms with Crippen LogP contribution in [0.25, 0.3) is 0 Å². The van der Waals surface area contributed by atoms with Gasteiger partial charge in [-0.3, -0.25) is 14.9 Å². The molecule has 0 aromatic heterocycles. The number of anilines is 1. The van der Waals surface area contributed by atoms with E-state index >= 15 is 0 Å². The van der Waals surface area contributed by atoms with Gasteiger partial charge in [-0.25, -0.2) is 4.79 Å². The van der Waals surface area contributed by atoms with Crippen molar-refractivity contribution in [3.8, 4) is 5.75 Å². The zero-order valence-corrected chi connectivity index (χ0v) is 14.6. The lowest BCUT2D eigenvalue weighted by molar-refractivity contribution is -0.385. The molecule has 2 rings (SSSR count). The highest BCUT2D eigenvalue weighted by Gasteiger charge is 2.35. The Balaban J connectivity index is 2.02. The molecule has 0 unspecified atom stereocenters. The van der Waals surface area contributed by atoms with Crippen molar-refractivity contribution >= 4 is 23.3 Å². The standard InChI is InChI=1S/C17H11F5N2O6/c18-16(19)30-11-4-1-9(2-5-11)15(26)29-8-14(25)23-13-6-3-10(24(27)28)7-12(13)17(20,21)22/h1-7,16H,8H2,(H,23,25). The maximum Gasteiger partial charge on any atom is 0.418 e. The summed E-state index contributed by atoms with van der Waals surface area (Å²) in [5.41, 5.74) is -3.17. The number of nitro benzene ring substituents is 1. The van der Waals surface area contributed by atoms with Gasteiger partial charge in [-0.1, -0.05) is 0 Å². The molecule has 1 amide bonds. The van der Waals surface area contributed by atoms with Gasteiger partial charge in [0, 0.05) is 12.1 Å². The van der Waals surface area contributed by atoms with Crippen LogP contribution in [0.5, 0.6) is 5.75 Å². The van der Waals surface area contributed by atoms with E-state index in [1.807, 2.05) is 5.32 Å². The van der Waals surface area contributed by atoms with Crippen LogP contribution in [0.3, 0.4) is 0 Å². The van der Waals surface area contributed by atoms with Crippen LogP contribution in [0.2, 0.25) is 0 Å². The number of non-ortho nitro benzene ring substituents is 1. The van der Waals surface area contributed by atoms with Gasteiger partial charge < -0.3 is 14.8 Å². The van der Waals surface area contributed by atoms with Crippen LogP contribution in [0, 0.1) is 10.1 Å². The summed E-state index contributed by atoms with van der Waals surface area (Å²) in [4.78, 5) is 33.3. The third-order valence-corrected chi connectivity index (χ3v) is 3.44. The molecule has 30 heavy (non-hydrogen) atoms. The molecule has 0 radical (unpaired) electrons. The largest absolute Gasteiger partial charge is 0.452 e. The highest BCUT2D eigenvalue weighted by Crippen LogP contribution is 2.37. The number of carbonyl (C=O) groups is 2. The topological polar surface area (TPSA) is 108 Å². The number of nitro groups is 1. The number of halogens is 5. The molecule has 0 heterocycles. The normalized spacial score (nSPS) is 11.1. The number of hydrogen-bond acceptors (Lipinski definition) is 6. The number of carbonyl (C=O) groups excluding carboxylic acids is 2. The molecule has 0 aliphatic heterocycles. The number of rotatable bonds is 7. The number of nitrogens with one attached hydrogen (secondary N) is 1. The first-order valence-electron chi connectivity index (χ1n) is 7.85. The second kappa shape index (κ2) is 9.15.